The molecule has 0 aliphatic heterocycles. The summed E-state index contributed by atoms with van der Waals surface area (Å²) in [6.07, 6.45) is -0.441. The second kappa shape index (κ2) is 11.0. The van der Waals surface area contributed by atoms with E-state index in [9.17, 15) is 29.0 Å². The van der Waals surface area contributed by atoms with Gasteiger partial charge in [0, 0.05) is 35.4 Å². The molecule has 0 spiro atoms. The van der Waals surface area contributed by atoms with Crippen molar-refractivity contribution in [3.8, 4) is 18.2 Å². The number of pyridine rings is 2. The third kappa shape index (κ3) is 5.28. The summed E-state index contributed by atoms with van der Waals surface area (Å²) in [5.74, 6) is 0. The van der Waals surface area contributed by atoms with Crippen molar-refractivity contribution in [3.63, 3.8) is 0 Å². The van der Waals surface area contributed by atoms with Gasteiger partial charge in [0.25, 0.3) is 0 Å². The second-order valence-corrected chi connectivity index (χ2v) is 12.5. The van der Waals surface area contributed by atoms with Gasteiger partial charge in [0.15, 0.2) is 5.54 Å². The molecule has 0 amide bonds. The van der Waals surface area contributed by atoms with Crippen molar-refractivity contribution in [3.05, 3.63) is 82.9 Å². The zero-order valence-electron chi connectivity index (χ0n) is 25.1. The number of nitrogens with one attached hydrogen (secondary N) is 2. The van der Waals surface area contributed by atoms with Crippen molar-refractivity contribution in [1.29, 1.82) is 15.8 Å². The minimum Gasteiger partial charge on any atom is -0.383 e. The first-order chi connectivity index (χ1) is 21.9. The Bertz CT molecular complexity index is 2120. The molecule has 2 N–H and O–H groups in total. The molecule has 230 valence electrons. The van der Waals surface area contributed by atoms with Gasteiger partial charge in [-0.25, -0.2) is 4.68 Å². The van der Waals surface area contributed by atoms with Gasteiger partial charge in [0.2, 0.25) is 0 Å². The molecule has 0 radical (unpaired) electrons. The van der Waals surface area contributed by atoms with Gasteiger partial charge in [0.1, 0.15) is 23.9 Å². The van der Waals surface area contributed by atoms with E-state index in [2.05, 4.69) is 49.1 Å². The fourth-order valence-electron chi connectivity index (χ4n) is 5.49. The molecule has 2 aromatic carbocycles. The maximum Gasteiger partial charge on any atom is 0.413 e. The molecule has 10 nitrogen and oxygen atoms in total. The SMILES string of the molecule is CC(C)(C)CNc1c(C#N)cnc2c(C#N)cc(N[C@H](c3cn(C4(C(F)(F)F)CC4)nn3)c3ccc(C#N)c4ncccc34)cc12. The summed E-state index contributed by atoms with van der Waals surface area (Å²) in [6.45, 7) is 6.66. The Morgan fingerprint density at radius 3 is 2.30 bits per heavy atom. The zero-order chi connectivity index (χ0) is 32.9. The quantitative estimate of drug-likeness (QED) is 0.202. The van der Waals surface area contributed by atoms with Gasteiger partial charge in [-0.15, -0.1) is 5.10 Å². The first-order valence-electron chi connectivity index (χ1n) is 14.4. The molecule has 1 fully saturated rings. The van der Waals surface area contributed by atoms with Crippen LogP contribution in [0.3, 0.4) is 0 Å². The Morgan fingerprint density at radius 2 is 1.65 bits per heavy atom. The second-order valence-electron chi connectivity index (χ2n) is 12.5. The topological polar surface area (TPSA) is 152 Å². The molecule has 0 saturated heterocycles. The van der Waals surface area contributed by atoms with Gasteiger partial charge in [-0.3, -0.25) is 9.97 Å². The summed E-state index contributed by atoms with van der Waals surface area (Å²) in [5, 5.41) is 45.6. The highest BCUT2D eigenvalue weighted by atomic mass is 19.4. The van der Waals surface area contributed by atoms with Crippen LogP contribution in [0.4, 0.5) is 24.5 Å². The van der Waals surface area contributed by atoms with E-state index in [0.717, 1.165) is 4.68 Å². The summed E-state index contributed by atoms with van der Waals surface area (Å²) < 4.78 is 42.9. The van der Waals surface area contributed by atoms with Crippen LogP contribution in [0.25, 0.3) is 21.8 Å². The number of nitriles is 3. The minimum absolute atomic E-state index is 0.101. The minimum atomic E-state index is -4.51. The third-order valence-corrected chi connectivity index (χ3v) is 8.05. The molecule has 0 unspecified atom stereocenters. The predicted molar refractivity (Wildman–Crippen MR) is 164 cm³/mol. The van der Waals surface area contributed by atoms with Crippen LogP contribution in [0.2, 0.25) is 0 Å². The van der Waals surface area contributed by atoms with Crippen LogP contribution in [0.1, 0.15) is 67.6 Å². The summed E-state index contributed by atoms with van der Waals surface area (Å²) in [6, 6.07) is 15.7. The first-order valence-corrected chi connectivity index (χ1v) is 14.4. The molecule has 5 aromatic rings. The molecule has 0 bridgehead atoms. The summed E-state index contributed by atoms with van der Waals surface area (Å²) in [5.41, 5.74) is 1.14. The average Bonchev–Trinajstić information content (AvgIpc) is 3.72. The zero-order valence-corrected chi connectivity index (χ0v) is 25.1. The van der Waals surface area contributed by atoms with Crippen molar-refractivity contribution < 1.29 is 13.2 Å². The molecule has 13 heteroatoms. The molecule has 1 aliphatic carbocycles. The monoisotopic (exact) mass is 620 g/mol. The van der Waals surface area contributed by atoms with Crippen LogP contribution in [0.5, 0.6) is 0 Å². The van der Waals surface area contributed by atoms with Crippen LogP contribution >= 0.6 is 0 Å². The standard InChI is InChI=1S/C33H27F3N10/c1-31(2,3)18-42-29-21(15-39)16-41-28-20(14-38)11-22(12-25(28)29)43-30(24-7-6-19(13-37)27-23(24)5-4-10-40-27)26-17-46(45-44-26)32(8-9-32)33(34,35)36/h4-7,10-12,16-17,30,43H,8-9,18H2,1-3H3,(H,41,42)/t30-/m0/s1. The summed E-state index contributed by atoms with van der Waals surface area (Å²) in [4.78, 5) is 8.79. The van der Waals surface area contributed by atoms with Crippen LogP contribution < -0.4 is 10.6 Å². The highest BCUT2D eigenvalue weighted by molar-refractivity contribution is 5.99. The number of nitrogens with zero attached hydrogens (tertiary/aromatic N) is 8. The lowest BCUT2D eigenvalue weighted by atomic mass is 9.95. The summed E-state index contributed by atoms with van der Waals surface area (Å²) >= 11 is 0. The summed E-state index contributed by atoms with van der Waals surface area (Å²) in [7, 11) is 0. The molecule has 6 rings (SSSR count). The molecular formula is C33H27F3N10. The molecule has 46 heavy (non-hydrogen) atoms. The third-order valence-electron chi connectivity index (χ3n) is 8.05. The van der Waals surface area contributed by atoms with Gasteiger partial charge >= 0.3 is 6.18 Å². The Hall–Kier alpha value is -5.74. The maximum atomic E-state index is 14.0. The normalized spacial score (nSPS) is 14.7. The number of halogens is 3. The van der Waals surface area contributed by atoms with Crippen molar-refractivity contribution in [2.45, 2.75) is 51.4 Å². The lowest BCUT2D eigenvalue weighted by Crippen LogP contribution is -2.35. The molecule has 1 atom stereocenters. The van der Waals surface area contributed by atoms with E-state index in [1.165, 1.54) is 12.4 Å². The van der Waals surface area contributed by atoms with Crippen LogP contribution in [-0.2, 0) is 5.54 Å². The van der Waals surface area contributed by atoms with Crippen LogP contribution in [0.15, 0.2) is 55.0 Å². The van der Waals surface area contributed by atoms with Gasteiger partial charge in [0.05, 0.1) is 45.6 Å². The Labute approximate surface area is 262 Å². The van der Waals surface area contributed by atoms with Crippen molar-refractivity contribution in [1.82, 2.24) is 25.0 Å². The van der Waals surface area contributed by atoms with Crippen LogP contribution in [-0.4, -0.2) is 37.7 Å². The lowest BCUT2D eigenvalue weighted by molar-refractivity contribution is -0.182. The highest BCUT2D eigenvalue weighted by Gasteiger charge is 2.66. The molecule has 1 aliphatic rings. The van der Waals surface area contributed by atoms with E-state index in [-0.39, 0.29) is 29.5 Å². The number of benzene rings is 2. The van der Waals surface area contributed by atoms with Crippen molar-refractivity contribution in [2.24, 2.45) is 5.41 Å². The Balaban J connectivity index is 1.54. The largest absolute Gasteiger partial charge is 0.413 e. The molecule has 3 heterocycles. The number of anilines is 2. The number of fused-ring (bicyclic) bond motifs is 2. The number of rotatable bonds is 7. The van der Waals surface area contributed by atoms with E-state index in [1.807, 2.05) is 20.8 Å². The van der Waals surface area contributed by atoms with Crippen LogP contribution in [0, 0.1) is 39.4 Å². The van der Waals surface area contributed by atoms with E-state index in [1.54, 1.807) is 42.6 Å². The predicted octanol–water partition coefficient (Wildman–Crippen LogP) is 6.70. The first kappa shape index (κ1) is 30.3. The van der Waals surface area contributed by atoms with Crippen molar-refractivity contribution >= 4 is 33.2 Å². The molecule has 3 aromatic heterocycles. The lowest BCUT2D eigenvalue weighted by Gasteiger charge is -2.23. The van der Waals surface area contributed by atoms with Gasteiger partial charge in [-0.2, -0.15) is 29.0 Å². The number of hydrogen-bond acceptors (Lipinski definition) is 9. The molecule has 1 saturated carbocycles. The van der Waals surface area contributed by atoms with Crippen molar-refractivity contribution in [2.75, 3.05) is 17.2 Å². The fourth-order valence-corrected chi connectivity index (χ4v) is 5.49. The van der Waals surface area contributed by atoms with Gasteiger partial charge in [-0.1, -0.05) is 38.1 Å². The Kier molecular flexibility index (Phi) is 7.25. The van der Waals surface area contributed by atoms with E-state index >= 15 is 0 Å². The van der Waals surface area contributed by atoms with E-state index < -0.39 is 17.8 Å². The van der Waals surface area contributed by atoms with E-state index in [0.29, 0.717) is 56.4 Å². The number of alkyl halides is 3. The number of aromatic nitrogens is 5. The van der Waals surface area contributed by atoms with Gasteiger partial charge < -0.3 is 10.6 Å². The fraction of sp³-hybridized carbons (Fsp3) is 0.303. The van der Waals surface area contributed by atoms with Gasteiger partial charge in [-0.05, 0) is 48.1 Å². The Morgan fingerprint density at radius 1 is 0.935 bits per heavy atom. The highest BCUT2D eigenvalue weighted by Crippen LogP contribution is 2.55. The number of hydrogen-bond donors (Lipinski definition) is 2. The smallest absolute Gasteiger partial charge is 0.383 e. The average molecular weight is 621 g/mol. The molecular weight excluding hydrogens is 593 g/mol. The maximum absolute atomic E-state index is 14.0. The van der Waals surface area contributed by atoms with E-state index in [4.69, 9.17) is 0 Å².